The molecule has 0 radical (unpaired) electrons. The van der Waals surface area contributed by atoms with E-state index in [0.717, 1.165) is 5.39 Å². The van der Waals surface area contributed by atoms with Crippen molar-refractivity contribution in [2.45, 2.75) is 12.8 Å². The van der Waals surface area contributed by atoms with E-state index in [1.54, 1.807) is 19.4 Å². The molecule has 2 N–H and O–H groups in total. The molecular weight excluding hydrogens is 324 g/mol. The number of carbonyl (C=O) groups excluding carboxylic acids is 3. The summed E-state index contributed by atoms with van der Waals surface area (Å²) in [6.07, 6.45) is 2.02. The summed E-state index contributed by atoms with van der Waals surface area (Å²) < 4.78 is 5.25. The minimum Gasteiger partial charge on any atom is -0.497 e. The highest BCUT2D eigenvalue weighted by atomic mass is 16.5. The van der Waals surface area contributed by atoms with Crippen LogP contribution in [0.3, 0.4) is 0 Å². The van der Waals surface area contributed by atoms with Crippen molar-refractivity contribution in [2.75, 3.05) is 25.5 Å². The number of fused-ring (bicyclic) bond motifs is 1. The number of rotatable bonds is 5. The molecule has 2 heterocycles. The number of hydrogen-bond acceptors (Lipinski definition) is 5. The van der Waals surface area contributed by atoms with Crippen molar-refractivity contribution in [2.24, 2.45) is 0 Å². The molecule has 0 aliphatic carbocycles. The fourth-order valence-electron chi connectivity index (χ4n) is 2.64. The third-order valence-electron chi connectivity index (χ3n) is 3.94. The Bertz CT molecular complexity index is 837. The van der Waals surface area contributed by atoms with Gasteiger partial charge in [-0.25, -0.2) is 4.79 Å². The van der Waals surface area contributed by atoms with Gasteiger partial charge in [0.1, 0.15) is 5.75 Å². The average molecular weight is 342 g/mol. The lowest BCUT2D eigenvalue weighted by molar-refractivity contribution is -0.121. The number of nitrogens with one attached hydrogen (secondary N) is 2. The van der Waals surface area contributed by atoms with Crippen LogP contribution in [0.4, 0.5) is 10.5 Å². The summed E-state index contributed by atoms with van der Waals surface area (Å²) in [7, 11) is 1.55. The summed E-state index contributed by atoms with van der Waals surface area (Å²) >= 11 is 0. The number of methoxy groups -OCH3 is 1. The third kappa shape index (κ3) is 3.85. The first-order valence-electron chi connectivity index (χ1n) is 7.88. The van der Waals surface area contributed by atoms with Gasteiger partial charge in [0.15, 0.2) is 0 Å². The molecule has 130 valence electrons. The minimum absolute atomic E-state index is 0.118. The first-order chi connectivity index (χ1) is 12.1. The lowest BCUT2D eigenvalue weighted by atomic mass is 10.1. The highest BCUT2D eigenvalue weighted by Gasteiger charge is 2.23. The van der Waals surface area contributed by atoms with Crippen LogP contribution in [0.2, 0.25) is 0 Å². The number of imide groups is 1. The number of ether oxygens (including phenoxy) is 1. The van der Waals surface area contributed by atoms with Crippen LogP contribution < -0.4 is 15.4 Å². The second-order valence-corrected chi connectivity index (χ2v) is 5.64. The molecule has 0 saturated carbocycles. The van der Waals surface area contributed by atoms with Crippen LogP contribution in [0.25, 0.3) is 10.9 Å². The van der Waals surface area contributed by atoms with E-state index in [1.165, 1.54) is 4.90 Å². The normalized spacial score (nSPS) is 14.4. The third-order valence-corrected chi connectivity index (χ3v) is 3.94. The van der Waals surface area contributed by atoms with Crippen LogP contribution in [0, 0.1) is 0 Å². The first kappa shape index (κ1) is 16.7. The van der Waals surface area contributed by atoms with Crippen LogP contribution in [0.5, 0.6) is 5.75 Å². The average Bonchev–Trinajstić information content (AvgIpc) is 2.60. The second kappa shape index (κ2) is 7.16. The van der Waals surface area contributed by atoms with Crippen LogP contribution in [0.1, 0.15) is 12.8 Å². The molecule has 1 aliphatic rings. The van der Waals surface area contributed by atoms with Gasteiger partial charge < -0.3 is 15.0 Å². The summed E-state index contributed by atoms with van der Waals surface area (Å²) in [5, 5.41) is 5.90. The van der Waals surface area contributed by atoms with Gasteiger partial charge in [0.25, 0.3) is 0 Å². The highest BCUT2D eigenvalue weighted by Crippen LogP contribution is 2.27. The predicted molar refractivity (Wildman–Crippen MR) is 91.3 cm³/mol. The molecular formula is C17H18N4O4. The Morgan fingerprint density at radius 3 is 3.00 bits per heavy atom. The molecule has 2 aromatic rings. The number of amides is 4. The van der Waals surface area contributed by atoms with E-state index >= 15 is 0 Å². The largest absolute Gasteiger partial charge is 0.497 e. The summed E-state index contributed by atoms with van der Waals surface area (Å²) in [5.41, 5.74) is 1.22. The van der Waals surface area contributed by atoms with Gasteiger partial charge in [0, 0.05) is 43.6 Å². The van der Waals surface area contributed by atoms with E-state index in [1.807, 2.05) is 18.2 Å². The van der Waals surface area contributed by atoms with Gasteiger partial charge in [-0.3, -0.25) is 19.9 Å². The molecule has 1 aliphatic heterocycles. The molecule has 1 aromatic carbocycles. The first-order valence-corrected chi connectivity index (χ1v) is 7.88. The summed E-state index contributed by atoms with van der Waals surface area (Å²) in [6, 6.07) is 6.78. The molecule has 8 nitrogen and oxygen atoms in total. The number of pyridine rings is 1. The number of urea groups is 1. The van der Waals surface area contributed by atoms with Crippen molar-refractivity contribution in [3.8, 4) is 5.75 Å². The van der Waals surface area contributed by atoms with Gasteiger partial charge in [-0.1, -0.05) is 6.07 Å². The number of anilines is 1. The van der Waals surface area contributed by atoms with E-state index < -0.39 is 6.03 Å². The molecule has 8 heteroatoms. The van der Waals surface area contributed by atoms with E-state index in [0.29, 0.717) is 23.5 Å². The standard InChI is InChI=1S/C17H18N4O4/c1-25-12-9-11-3-2-6-18-16(11)13(10-12)19-14(22)4-7-21-8-5-15(23)20-17(21)24/h2-3,6,9-10H,4-5,7-8H2,1H3,(H,19,22)(H,20,23,24). The fourth-order valence-corrected chi connectivity index (χ4v) is 2.64. The predicted octanol–water partition coefficient (Wildman–Crippen LogP) is 1.51. The summed E-state index contributed by atoms with van der Waals surface area (Å²) in [5.74, 6) is 0.0780. The Balaban J connectivity index is 1.68. The fraction of sp³-hybridized carbons (Fsp3) is 0.294. The topological polar surface area (TPSA) is 101 Å². The van der Waals surface area contributed by atoms with Gasteiger partial charge in [0.05, 0.1) is 18.3 Å². The zero-order valence-corrected chi connectivity index (χ0v) is 13.7. The Morgan fingerprint density at radius 2 is 2.24 bits per heavy atom. The lowest BCUT2D eigenvalue weighted by Crippen LogP contribution is -2.50. The van der Waals surface area contributed by atoms with E-state index in [9.17, 15) is 14.4 Å². The van der Waals surface area contributed by atoms with Crippen LogP contribution in [-0.4, -0.2) is 47.9 Å². The Morgan fingerprint density at radius 1 is 1.40 bits per heavy atom. The quantitative estimate of drug-likeness (QED) is 0.858. The van der Waals surface area contributed by atoms with Crippen molar-refractivity contribution in [3.63, 3.8) is 0 Å². The van der Waals surface area contributed by atoms with Gasteiger partial charge in [-0.15, -0.1) is 0 Å². The van der Waals surface area contributed by atoms with E-state index in [4.69, 9.17) is 4.74 Å². The molecule has 4 amide bonds. The van der Waals surface area contributed by atoms with Crippen LogP contribution >= 0.6 is 0 Å². The molecule has 0 bridgehead atoms. The molecule has 0 unspecified atom stereocenters. The molecule has 1 saturated heterocycles. The molecule has 3 rings (SSSR count). The second-order valence-electron chi connectivity index (χ2n) is 5.64. The SMILES string of the molecule is COc1cc(NC(=O)CCN2CCC(=O)NC2=O)c2ncccc2c1. The van der Waals surface area contributed by atoms with Crippen LogP contribution in [-0.2, 0) is 9.59 Å². The maximum atomic E-state index is 12.3. The Hall–Kier alpha value is -3.16. The monoisotopic (exact) mass is 342 g/mol. The number of aromatic nitrogens is 1. The smallest absolute Gasteiger partial charge is 0.324 e. The van der Waals surface area contributed by atoms with Crippen molar-refractivity contribution in [1.29, 1.82) is 0 Å². The summed E-state index contributed by atoms with van der Waals surface area (Å²) in [4.78, 5) is 40.8. The van der Waals surface area contributed by atoms with Gasteiger partial charge in [0.2, 0.25) is 11.8 Å². The molecule has 0 atom stereocenters. The number of carbonyl (C=O) groups is 3. The number of benzene rings is 1. The Labute approximate surface area is 144 Å². The molecule has 0 spiro atoms. The van der Waals surface area contributed by atoms with Crippen molar-refractivity contribution in [3.05, 3.63) is 30.5 Å². The number of hydrogen-bond donors (Lipinski definition) is 2. The maximum Gasteiger partial charge on any atom is 0.324 e. The maximum absolute atomic E-state index is 12.3. The molecule has 25 heavy (non-hydrogen) atoms. The van der Waals surface area contributed by atoms with Gasteiger partial charge in [-0.2, -0.15) is 0 Å². The van der Waals surface area contributed by atoms with Crippen molar-refractivity contribution < 1.29 is 19.1 Å². The summed E-state index contributed by atoms with van der Waals surface area (Å²) in [6.45, 7) is 0.557. The van der Waals surface area contributed by atoms with E-state index in [-0.39, 0.29) is 31.2 Å². The molecule has 1 fully saturated rings. The van der Waals surface area contributed by atoms with Gasteiger partial charge in [-0.05, 0) is 12.1 Å². The van der Waals surface area contributed by atoms with Crippen molar-refractivity contribution >= 4 is 34.4 Å². The lowest BCUT2D eigenvalue weighted by Gasteiger charge is -2.26. The van der Waals surface area contributed by atoms with Crippen LogP contribution in [0.15, 0.2) is 30.5 Å². The zero-order valence-electron chi connectivity index (χ0n) is 13.7. The van der Waals surface area contributed by atoms with Gasteiger partial charge >= 0.3 is 6.03 Å². The zero-order chi connectivity index (χ0) is 17.8. The van der Waals surface area contributed by atoms with E-state index in [2.05, 4.69) is 15.6 Å². The Kier molecular flexibility index (Phi) is 4.78. The number of nitrogens with zero attached hydrogens (tertiary/aromatic N) is 2. The molecule has 1 aromatic heterocycles. The highest BCUT2D eigenvalue weighted by molar-refractivity contribution is 6.01. The minimum atomic E-state index is -0.461. The van der Waals surface area contributed by atoms with Crippen molar-refractivity contribution in [1.82, 2.24) is 15.2 Å².